The van der Waals surface area contributed by atoms with E-state index in [0.717, 1.165) is 38.5 Å². The molecule has 0 aromatic heterocycles. The summed E-state index contributed by atoms with van der Waals surface area (Å²) in [4.78, 5) is 25.5. The highest BCUT2D eigenvalue weighted by molar-refractivity contribution is 7.45. The Hall–Kier alpha value is -0.760. The van der Waals surface area contributed by atoms with E-state index in [4.69, 9.17) is 9.05 Å². The molecule has 0 spiro atoms. The number of hydrogen-bond donors (Lipinski definition) is 2. The van der Waals surface area contributed by atoms with Crippen molar-refractivity contribution in [3.05, 3.63) is 12.2 Å². The number of unbranched alkanes of at least 4 members (excludes halogenated alkanes) is 41. The van der Waals surface area contributed by atoms with Gasteiger partial charge in [0.05, 0.1) is 39.9 Å². The predicted octanol–water partition coefficient (Wildman–Crippen LogP) is 16.8. The molecule has 0 aromatic carbocycles. The average molecular weight is 956 g/mol. The number of aliphatic hydroxyl groups is 1. The van der Waals surface area contributed by atoms with Crippen LogP contribution in [0.5, 0.6) is 0 Å². The van der Waals surface area contributed by atoms with Crippen molar-refractivity contribution in [2.45, 2.75) is 309 Å². The van der Waals surface area contributed by atoms with Crippen molar-refractivity contribution in [3.8, 4) is 0 Å². The summed E-state index contributed by atoms with van der Waals surface area (Å²) < 4.78 is 23.3. The van der Waals surface area contributed by atoms with Gasteiger partial charge in [0.1, 0.15) is 13.2 Å². The first-order valence-corrected chi connectivity index (χ1v) is 30.5. The fraction of sp³-hybridized carbons (Fsp3) is 0.947. The molecule has 394 valence electrons. The molecule has 0 saturated carbocycles. The Bertz CT molecular complexity index is 1080. The smallest absolute Gasteiger partial charge is 0.268 e. The van der Waals surface area contributed by atoms with E-state index in [2.05, 4.69) is 19.2 Å². The number of aliphatic hydroxyl groups excluding tert-OH is 1. The lowest BCUT2D eigenvalue weighted by Gasteiger charge is -2.29. The molecular weight excluding hydrogens is 840 g/mol. The Balaban J connectivity index is 4.05. The molecule has 0 heterocycles. The standard InChI is InChI=1S/C57H115N2O6P/c1-6-8-10-12-14-16-18-20-22-23-24-25-26-27-28-29-30-31-32-33-34-35-37-39-41-43-45-47-49-51-57(61)58-55(54-65-66(62,63)64-53-52-59(3,4)5)56(60)50-48-46-44-42-40-38-36-21-19-17-15-13-11-9-7-2/h48,50,55-56,60H,6-47,49,51-54H2,1-5H3,(H-,58,61,62,63)/b50-48+/t55-,56+/m0/s1. The molecule has 0 aliphatic carbocycles. The number of phosphoric ester groups is 1. The number of nitrogens with zero attached hydrogens (tertiary/aromatic N) is 1. The Morgan fingerprint density at radius 3 is 1.14 bits per heavy atom. The van der Waals surface area contributed by atoms with Crippen molar-refractivity contribution in [1.82, 2.24) is 5.32 Å². The summed E-state index contributed by atoms with van der Waals surface area (Å²) in [6.45, 7) is 4.69. The second kappa shape index (κ2) is 49.2. The Morgan fingerprint density at radius 1 is 0.515 bits per heavy atom. The zero-order chi connectivity index (χ0) is 48.5. The molecule has 0 aliphatic heterocycles. The van der Waals surface area contributed by atoms with Crippen LogP contribution < -0.4 is 10.2 Å². The average Bonchev–Trinajstić information content (AvgIpc) is 3.28. The highest BCUT2D eigenvalue weighted by atomic mass is 31.2. The number of likely N-dealkylation sites (N-methyl/N-ethyl adjacent to an activating group) is 1. The summed E-state index contributed by atoms with van der Waals surface area (Å²) >= 11 is 0. The maximum Gasteiger partial charge on any atom is 0.268 e. The van der Waals surface area contributed by atoms with Gasteiger partial charge in [-0.2, -0.15) is 0 Å². The second-order valence-corrected chi connectivity index (χ2v) is 22.8. The zero-order valence-electron chi connectivity index (χ0n) is 44.9. The lowest BCUT2D eigenvalue weighted by Crippen LogP contribution is -2.45. The van der Waals surface area contributed by atoms with Gasteiger partial charge in [0.2, 0.25) is 5.91 Å². The normalized spacial score (nSPS) is 14.0. The zero-order valence-corrected chi connectivity index (χ0v) is 45.8. The van der Waals surface area contributed by atoms with Gasteiger partial charge in [0, 0.05) is 6.42 Å². The maximum absolute atomic E-state index is 12.9. The molecule has 0 bridgehead atoms. The molecule has 9 heteroatoms. The third-order valence-electron chi connectivity index (χ3n) is 13.5. The molecule has 3 atom stereocenters. The number of phosphoric acid groups is 1. The number of allylic oxidation sites excluding steroid dienone is 1. The molecule has 1 amide bonds. The van der Waals surface area contributed by atoms with Crippen molar-refractivity contribution in [2.75, 3.05) is 40.9 Å². The minimum atomic E-state index is -4.59. The summed E-state index contributed by atoms with van der Waals surface area (Å²) in [5.41, 5.74) is 0. The Kier molecular flexibility index (Phi) is 48.7. The molecule has 0 fully saturated rings. The van der Waals surface area contributed by atoms with Gasteiger partial charge in [-0.05, 0) is 19.3 Å². The topological polar surface area (TPSA) is 108 Å². The molecule has 0 radical (unpaired) electrons. The SMILES string of the molecule is CCCCCCCCCCCCCCC/C=C/[C@@H](O)[C@H](COP(=O)([O-])OCC[N+](C)(C)C)NC(=O)CCCCCCCCCCCCCCCCCCCCCCCCCCCCCCC. The second-order valence-electron chi connectivity index (χ2n) is 21.4. The summed E-state index contributed by atoms with van der Waals surface area (Å²) in [5, 5.41) is 13.9. The van der Waals surface area contributed by atoms with Crippen molar-refractivity contribution in [1.29, 1.82) is 0 Å². The first kappa shape index (κ1) is 65.2. The first-order chi connectivity index (χ1) is 32.0. The van der Waals surface area contributed by atoms with Crippen LogP contribution in [0.15, 0.2) is 12.2 Å². The summed E-state index contributed by atoms with van der Waals surface area (Å²) in [7, 11) is 1.28. The molecule has 0 aromatic rings. The minimum absolute atomic E-state index is 0.00253. The Morgan fingerprint density at radius 2 is 0.818 bits per heavy atom. The van der Waals surface area contributed by atoms with E-state index in [1.165, 1.54) is 238 Å². The third-order valence-corrected chi connectivity index (χ3v) is 14.5. The molecule has 8 nitrogen and oxygen atoms in total. The van der Waals surface area contributed by atoms with E-state index in [1.807, 2.05) is 27.2 Å². The van der Waals surface area contributed by atoms with E-state index in [1.54, 1.807) is 6.08 Å². The van der Waals surface area contributed by atoms with Gasteiger partial charge in [-0.3, -0.25) is 9.36 Å². The van der Waals surface area contributed by atoms with Crippen LogP contribution in [0.25, 0.3) is 0 Å². The van der Waals surface area contributed by atoms with Crippen molar-refractivity contribution in [2.24, 2.45) is 0 Å². The maximum atomic E-state index is 12.9. The van der Waals surface area contributed by atoms with Crippen LogP contribution in [-0.2, 0) is 18.4 Å². The van der Waals surface area contributed by atoms with Crippen LogP contribution in [0.3, 0.4) is 0 Å². The van der Waals surface area contributed by atoms with Gasteiger partial charge < -0.3 is 28.8 Å². The number of rotatable bonds is 54. The lowest BCUT2D eigenvalue weighted by molar-refractivity contribution is -0.870. The quantitative estimate of drug-likeness (QED) is 0.0272. The van der Waals surface area contributed by atoms with E-state index >= 15 is 0 Å². The molecule has 1 unspecified atom stereocenters. The molecule has 66 heavy (non-hydrogen) atoms. The summed E-state index contributed by atoms with van der Waals surface area (Å²) in [6, 6.07) is -0.881. The predicted molar refractivity (Wildman–Crippen MR) is 284 cm³/mol. The fourth-order valence-electron chi connectivity index (χ4n) is 8.92. The molecule has 0 aliphatic rings. The summed E-state index contributed by atoms with van der Waals surface area (Å²) in [5.74, 6) is -0.191. The first-order valence-electron chi connectivity index (χ1n) is 29.1. The van der Waals surface area contributed by atoms with Gasteiger partial charge in [0.15, 0.2) is 0 Å². The Labute approximate surface area is 412 Å². The van der Waals surface area contributed by atoms with Crippen molar-refractivity contribution in [3.63, 3.8) is 0 Å². The monoisotopic (exact) mass is 955 g/mol. The van der Waals surface area contributed by atoms with Crippen LogP contribution in [0, 0.1) is 0 Å². The number of nitrogens with one attached hydrogen (secondary N) is 1. The van der Waals surface area contributed by atoms with Crippen LogP contribution in [0.4, 0.5) is 0 Å². The highest BCUT2D eigenvalue weighted by Crippen LogP contribution is 2.38. The van der Waals surface area contributed by atoms with E-state index in [-0.39, 0.29) is 19.1 Å². The third kappa shape index (κ3) is 51.1. The number of amides is 1. The van der Waals surface area contributed by atoms with Crippen molar-refractivity contribution >= 4 is 13.7 Å². The van der Waals surface area contributed by atoms with Crippen LogP contribution in [-0.4, -0.2) is 68.5 Å². The molecule has 0 rings (SSSR count). The number of hydrogen-bond acceptors (Lipinski definition) is 6. The van der Waals surface area contributed by atoms with Gasteiger partial charge in [-0.15, -0.1) is 0 Å². The van der Waals surface area contributed by atoms with Gasteiger partial charge in [-0.1, -0.05) is 283 Å². The number of carbonyl (C=O) groups is 1. The molecule has 2 N–H and O–H groups in total. The van der Waals surface area contributed by atoms with Crippen LogP contribution in [0.1, 0.15) is 296 Å². The highest BCUT2D eigenvalue weighted by Gasteiger charge is 2.23. The fourth-order valence-corrected chi connectivity index (χ4v) is 9.64. The van der Waals surface area contributed by atoms with E-state index in [0.29, 0.717) is 17.4 Å². The largest absolute Gasteiger partial charge is 0.756 e. The van der Waals surface area contributed by atoms with Gasteiger partial charge in [0.25, 0.3) is 7.82 Å². The summed E-state index contributed by atoms with van der Waals surface area (Å²) in [6.07, 6.45) is 60.1. The van der Waals surface area contributed by atoms with Gasteiger partial charge in [-0.25, -0.2) is 0 Å². The molecular formula is C57H115N2O6P. The number of quaternary nitrogens is 1. The lowest BCUT2D eigenvalue weighted by atomic mass is 10.0. The van der Waals surface area contributed by atoms with E-state index in [9.17, 15) is 19.4 Å². The minimum Gasteiger partial charge on any atom is -0.756 e. The van der Waals surface area contributed by atoms with E-state index < -0.39 is 20.0 Å². The van der Waals surface area contributed by atoms with Crippen LogP contribution >= 0.6 is 7.82 Å². The van der Waals surface area contributed by atoms with Gasteiger partial charge >= 0.3 is 0 Å². The van der Waals surface area contributed by atoms with Crippen LogP contribution in [0.2, 0.25) is 0 Å². The molecule has 0 saturated heterocycles. The van der Waals surface area contributed by atoms with Crippen molar-refractivity contribution < 1.29 is 32.9 Å². The number of carbonyl (C=O) groups excluding carboxylic acids is 1.